The smallest absolute Gasteiger partial charge is 0.167 e. The van der Waals surface area contributed by atoms with Crippen molar-refractivity contribution in [2.75, 3.05) is 7.11 Å². The number of aromatic amines is 1. The van der Waals surface area contributed by atoms with Crippen LogP contribution in [0.4, 0.5) is 0 Å². The molecule has 6 unspecified atom stereocenters. The molecule has 7 rings (SSSR count). The molecule has 21 heavy (non-hydrogen) atoms. The highest BCUT2D eigenvalue weighted by molar-refractivity contribution is 5.68. The first-order chi connectivity index (χ1) is 10.4. The third-order valence-electron chi connectivity index (χ3n) is 7.21. The Morgan fingerprint density at radius 3 is 2.00 bits per heavy atom. The molecule has 2 bridgehead atoms. The van der Waals surface area contributed by atoms with Crippen molar-refractivity contribution in [2.24, 2.45) is 23.7 Å². The van der Waals surface area contributed by atoms with Gasteiger partial charge in [0.25, 0.3) is 0 Å². The second-order valence-corrected chi connectivity index (χ2v) is 7.26. The molecule has 0 spiro atoms. The molecule has 0 radical (unpaired) electrons. The zero-order chi connectivity index (χ0) is 13.8. The minimum atomic E-state index is 0.468. The van der Waals surface area contributed by atoms with E-state index in [1.165, 1.54) is 6.42 Å². The average Bonchev–Trinajstić information content (AvgIpc) is 3.19. The molecule has 5 aliphatic rings. The Labute approximate surface area is 124 Å². The van der Waals surface area contributed by atoms with Crippen LogP contribution in [0.2, 0.25) is 0 Å². The summed E-state index contributed by atoms with van der Waals surface area (Å²) < 4.78 is 5.33. The molecule has 1 aromatic carbocycles. The lowest BCUT2D eigenvalue weighted by Gasteiger charge is -2.37. The fourth-order valence-corrected chi connectivity index (χ4v) is 6.87. The Bertz CT molecular complexity index is 743. The van der Waals surface area contributed by atoms with E-state index in [0.29, 0.717) is 10.8 Å². The van der Waals surface area contributed by atoms with Crippen molar-refractivity contribution in [1.29, 1.82) is 0 Å². The lowest BCUT2D eigenvalue weighted by atomic mass is 9.65. The lowest BCUT2D eigenvalue weighted by Crippen LogP contribution is -2.39. The molecule has 2 heteroatoms. The normalized spacial score (nSPS) is 46.5. The van der Waals surface area contributed by atoms with E-state index in [2.05, 4.69) is 53.8 Å². The molecule has 0 saturated heterocycles. The van der Waals surface area contributed by atoms with E-state index >= 15 is 0 Å². The van der Waals surface area contributed by atoms with Crippen LogP contribution in [0.3, 0.4) is 0 Å². The number of pyridine rings is 1. The van der Waals surface area contributed by atoms with Crippen molar-refractivity contribution in [2.45, 2.75) is 17.3 Å². The molecule has 6 atom stereocenters. The molecule has 1 aromatic heterocycles. The van der Waals surface area contributed by atoms with Gasteiger partial charge in [0.2, 0.25) is 0 Å². The van der Waals surface area contributed by atoms with E-state index in [1.807, 2.05) is 0 Å². The Morgan fingerprint density at radius 2 is 1.48 bits per heavy atom. The molecule has 0 amide bonds. The van der Waals surface area contributed by atoms with Crippen molar-refractivity contribution < 1.29 is 9.72 Å². The van der Waals surface area contributed by atoms with Crippen LogP contribution >= 0.6 is 0 Å². The minimum Gasteiger partial charge on any atom is -0.497 e. The number of hydrogen-bond acceptors (Lipinski definition) is 1. The number of nitrogens with one attached hydrogen (secondary N) is 1. The maximum atomic E-state index is 5.33. The maximum Gasteiger partial charge on any atom is 0.167 e. The Hall–Kier alpha value is -1.83. The predicted molar refractivity (Wildman–Crippen MR) is 77.9 cm³/mol. The van der Waals surface area contributed by atoms with Crippen LogP contribution in [0.1, 0.15) is 17.5 Å². The molecule has 1 heterocycles. The van der Waals surface area contributed by atoms with Gasteiger partial charge in [0.05, 0.1) is 7.11 Å². The van der Waals surface area contributed by atoms with Crippen LogP contribution in [0.25, 0.3) is 0 Å². The van der Waals surface area contributed by atoms with Crippen molar-refractivity contribution in [3.05, 3.63) is 59.9 Å². The first kappa shape index (κ1) is 10.8. The monoisotopic (exact) mass is 276 g/mol. The first-order valence-electron chi connectivity index (χ1n) is 7.98. The van der Waals surface area contributed by atoms with E-state index in [1.54, 1.807) is 18.2 Å². The van der Waals surface area contributed by atoms with Crippen LogP contribution in [-0.4, -0.2) is 7.11 Å². The van der Waals surface area contributed by atoms with Gasteiger partial charge in [0, 0.05) is 23.0 Å². The van der Waals surface area contributed by atoms with Crippen LogP contribution in [-0.2, 0) is 10.8 Å². The second-order valence-electron chi connectivity index (χ2n) is 7.26. The molecular formula is C19H18NO+. The summed E-state index contributed by atoms with van der Waals surface area (Å²) in [6, 6.07) is 13.5. The topological polar surface area (TPSA) is 23.4 Å². The quantitative estimate of drug-likeness (QED) is 0.845. The van der Waals surface area contributed by atoms with Crippen molar-refractivity contribution in [1.82, 2.24) is 0 Å². The van der Waals surface area contributed by atoms with E-state index in [-0.39, 0.29) is 0 Å². The van der Waals surface area contributed by atoms with Crippen molar-refractivity contribution in [3.8, 4) is 5.75 Å². The largest absolute Gasteiger partial charge is 0.497 e. The molecule has 5 aliphatic carbocycles. The van der Waals surface area contributed by atoms with Crippen LogP contribution in [0.5, 0.6) is 5.75 Å². The maximum absolute atomic E-state index is 5.33. The number of aromatic nitrogens is 1. The summed E-state index contributed by atoms with van der Waals surface area (Å²) in [7, 11) is 1.74. The van der Waals surface area contributed by atoms with Crippen LogP contribution < -0.4 is 9.72 Å². The molecule has 0 aliphatic heterocycles. The van der Waals surface area contributed by atoms with E-state index in [9.17, 15) is 0 Å². The second kappa shape index (κ2) is 3.01. The molecular weight excluding hydrogens is 258 g/mol. The molecule has 1 N–H and O–H groups in total. The number of hydrogen-bond donors (Lipinski definition) is 0. The summed E-state index contributed by atoms with van der Waals surface area (Å²) >= 11 is 0. The Morgan fingerprint density at radius 1 is 0.905 bits per heavy atom. The third-order valence-corrected chi connectivity index (χ3v) is 7.21. The van der Waals surface area contributed by atoms with Gasteiger partial charge in [-0.2, -0.15) is 0 Å². The lowest BCUT2D eigenvalue weighted by molar-refractivity contribution is -0.378. The summed E-state index contributed by atoms with van der Waals surface area (Å²) in [5.74, 6) is 4.82. The van der Waals surface area contributed by atoms with Gasteiger partial charge in [-0.25, -0.2) is 4.98 Å². The summed E-state index contributed by atoms with van der Waals surface area (Å²) in [4.78, 5) is 3.18. The highest BCUT2D eigenvalue weighted by Crippen LogP contribution is 3.03. The van der Waals surface area contributed by atoms with Crippen molar-refractivity contribution in [3.63, 3.8) is 0 Å². The minimum absolute atomic E-state index is 0.468. The van der Waals surface area contributed by atoms with Gasteiger partial charge in [-0.3, -0.25) is 0 Å². The van der Waals surface area contributed by atoms with Gasteiger partial charge in [-0.15, -0.1) is 0 Å². The number of rotatable bonds is 3. The fourth-order valence-electron chi connectivity index (χ4n) is 6.87. The van der Waals surface area contributed by atoms with E-state index in [0.717, 1.165) is 29.4 Å². The highest BCUT2D eigenvalue weighted by Gasteiger charge is 3.04. The van der Waals surface area contributed by atoms with Crippen LogP contribution in [0.15, 0.2) is 48.8 Å². The van der Waals surface area contributed by atoms with E-state index < -0.39 is 0 Å². The molecule has 2 nitrogen and oxygen atoms in total. The van der Waals surface area contributed by atoms with Gasteiger partial charge in [-0.1, -0.05) is 12.1 Å². The Kier molecular flexibility index (Phi) is 1.55. The van der Waals surface area contributed by atoms with Gasteiger partial charge >= 0.3 is 0 Å². The third kappa shape index (κ3) is 0.841. The SMILES string of the molecule is COc1ccc(C23C4CC5C(C42)C53c2cc[nH+]cc2)cc1. The van der Waals surface area contributed by atoms with E-state index in [4.69, 9.17) is 4.74 Å². The van der Waals surface area contributed by atoms with Gasteiger partial charge in [-0.05, 0) is 53.4 Å². The fraction of sp³-hybridized carbons (Fsp3) is 0.421. The standard InChI is InChI=1S/C19H17NO/c1-21-13-4-2-11(3-5-13)18-14-10-15-17(16(14)18)19(15,18)12-6-8-20-9-7-12/h2-9,14-17H,10H2,1H3/p+1. The molecule has 5 saturated carbocycles. The summed E-state index contributed by atoms with van der Waals surface area (Å²) in [6.45, 7) is 0. The highest BCUT2D eigenvalue weighted by atomic mass is 16.5. The zero-order valence-corrected chi connectivity index (χ0v) is 12.0. The van der Waals surface area contributed by atoms with Gasteiger partial charge in [0.15, 0.2) is 12.4 Å². The summed E-state index contributed by atoms with van der Waals surface area (Å²) in [5.41, 5.74) is 4.08. The predicted octanol–water partition coefficient (Wildman–Crippen LogP) is 2.59. The Balaban J connectivity index is 1.51. The summed E-state index contributed by atoms with van der Waals surface area (Å²) in [6.07, 6.45) is 5.64. The number of methoxy groups -OCH3 is 1. The first-order valence-corrected chi connectivity index (χ1v) is 7.98. The number of ether oxygens (including phenoxy) is 1. The van der Waals surface area contributed by atoms with Crippen molar-refractivity contribution >= 4 is 0 Å². The van der Waals surface area contributed by atoms with Crippen LogP contribution in [0, 0.1) is 23.7 Å². The average molecular weight is 276 g/mol. The molecule has 5 fully saturated rings. The van der Waals surface area contributed by atoms with Gasteiger partial charge < -0.3 is 4.74 Å². The molecule has 104 valence electrons. The summed E-state index contributed by atoms with van der Waals surface area (Å²) in [5, 5.41) is 0. The number of H-pyrrole nitrogens is 1. The zero-order valence-electron chi connectivity index (χ0n) is 12.0. The number of benzene rings is 1. The van der Waals surface area contributed by atoms with Gasteiger partial charge in [0.1, 0.15) is 5.75 Å². The molecule has 2 aromatic rings.